The summed E-state index contributed by atoms with van der Waals surface area (Å²) in [6.07, 6.45) is 0.735. The van der Waals surface area contributed by atoms with Gasteiger partial charge in [-0.3, -0.25) is 0 Å². The maximum atomic E-state index is 10.7. The molecule has 0 bridgehead atoms. The molecule has 0 aliphatic heterocycles. The summed E-state index contributed by atoms with van der Waals surface area (Å²) >= 11 is 12.3. The Balaban J connectivity index is 1.80. The van der Waals surface area contributed by atoms with Crippen LogP contribution in [0.3, 0.4) is 0 Å². The van der Waals surface area contributed by atoms with Crippen LogP contribution in [0.5, 0.6) is 11.5 Å². The number of benzene rings is 2. The molecular formula is C24H24Cl2N2O5. The first-order chi connectivity index (χ1) is 15.6. The number of phenols is 1. The number of phenolic OH excluding ortho intramolecular Hbond substituents is 1. The molecule has 0 aliphatic rings. The minimum atomic E-state index is -1.11. The molecule has 0 fully saturated rings. The molecule has 0 unspecified atom stereocenters. The lowest BCUT2D eigenvalue weighted by molar-refractivity contribution is -0.139. The van der Waals surface area contributed by atoms with Gasteiger partial charge in [-0.1, -0.05) is 37.0 Å². The van der Waals surface area contributed by atoms with E-state index in [0.29, 0.717) is 56.9 Å². The SMILES string of the molecule is Cc1cc(C(=N)CCc2nc(-c3ccc(Cl)cc3Cl)oc2C(C)C)c(O)cc1OCC(=O)O. The topological polar surface area (TPSA) is 117 Å². The van der Waals surface area contributed by atoms with Crippen molar-refractivity contribution in [2.45, 2.75) is 39.5 Å². The summed E-state index contributed by atoms with van der Waals surface area (Å²) in [5.74, 6) is 0.168. The Kier molecular flexibility index (Phi) is 7.66. The van der Waals surface area contributed by atoms with Crippen LogP contribution in [0, 0.1) is 12.3 Å². The summed E-state index contributed by atoms with van der Waals surface area (Å²) in [6.45, 7) is 5.20. The van der Waals surface area contributed by atoms with Crippen LogP contribution < -0.4 is 4.74 Å². The number of aliphatic carboxylic acids is 1. The highest BCUT2D eigenvalue weighted by Gasteiger charge is 2.20. The maximum absolute atomic E-state index is 10.7. The van der Waals surface area contributed by atoms with Gasteiger partial charge in [-0.2, -0.15) is 0 Å². The number of aromatic hydroxyl groups is 1. The van der Waals surface area contributed by atoms with Gasteiger partial charge < -0.3 is 24.8 Å². The highest BCUT2D eigenvalue weighted by Crippen LogP contribution is 2.34. The van der Waals surface area contributed by atoms with Crippen LogP contribution in [-0.2, 0) is 11.2 Å². The third-order valence-corrected chi connectivity index (χ3v) is 5.54. The predicted molar refractivity (Wildman–Crippen MR) is 127 cm³/mol. The van der Waals surface area contributed by atoms with Crippen LogP contribution in [0.15, 0.2) is 34.7 Å². The Hall–Kier alpha value is -3.03. The first-order valence-electron chi connectivity index (χ1n) is 10.3. The van der Waals surface area contributed by atoms with Crippen molar-refractivity contribution in [1.82, 2.24) is 4.98 Å². The zero-order chi connectivity index (χ0) is 24.3. The number of hydrogen-bond donors (Lipinski definition) is 3. The van der Waals surface area contributed by atoms with Gasteiger partial charge in [0.05, 0.1) is 16.3 Å². The third kappa shape index (κ3) is 5.86. The third-order valence-electron chi connectivity index (χ3n) is 4.99. The highest BCUT2D eigenvalue weighted by molar-refractivity contribution is 6.36. The van der Waals surface area contributed by atoms with Gasteiger partial charge in [0, 0.05) is 28.3 Å². The second-order valence-electron chi connectivity index (χ2n) is 7.90. The van der Waals surface area contributed by atoms with Gasteiger partial charge in [-0.25, -0.2) is 9.78 Å². The van der Waals surface area contributed by atoms with Crippen molar-refractivity contribution in [3.05, 3.63) is 63.0 Å². The van der Waals surface area contributed by atoms with E-state index in [4.69, 9.17) is 42.9 Å². The lowest BCUT2D eigenvalue weighted by atomic mass is 9.99. The van der Waals surface area contributed by atoms with Crippen LogP contribution in [0.1, 0.15) is 48.8 Å². The number of carbonyl (C=O) groups is 1. The standard InChI is InChI=1S/C24H24Cl2N2O5/c1-12(2)23-19(28-24(33-23)15-5-4-14(25)9-17(15)26)7-6-18(27)16-8-13(3)21(10-20(16)29)32-11-22(30)31/h4-5,8-10,12,27,29H,6-7,11H2,1-3H3,(H,30,31). The van der Waals surface area contributed by atoms with Crippen LogP contribution in [0.4, 0.5) is 0 Å². The van der Waals surface area contributed by atoms with Gasteiger partial charge in [0.15, 0.2) is 6.61 Å². The minimum Gasteiger partial charge on any atom is -0.507 e. The van der Waals surface area contributed by atoms with E-state index in [-0.39, 0.29) is 23.1 Å². The Morgan fingerprint density at radius 2 is 1.97 bits per heavy atom. The van der Waals surface area contributed by atoms with Gasteiger partial charge in [-0.05, 0) is 49.6 Å². The summed E-state index contributed by atoms with van der Waals surface area (Å²) in [4.78, 5) is 15.3. The zero-order valence-electron chi connectivity index (χ0n) is 18.4. The fourth-order valence-electron chi connectivity index (χ4n) is 3.36. The normalized spacial score (nSPS) is 11.1. The molecule has 33 heavy (non-hydrogen) atoms. The van der Waals surface area contributed by atoms with E-state index in [1.807, 2.05) is 13.8 Å². The summed E-state index contributed by atoms with van der Waals surface area (Å²) in [5.41, 5.74) is 2.54. The van der Waals surface area contributed by atoms with Gasteiger partial charge in [0.25, 0.3) is 0 Å². The van der Waals surface area contributed by atoms with Gasteiger partial charge in [0.2, 0.25) is 5.89 Å². The largest absolute Gasteiger partial charge is 0.507 e. The number of aryl methyl sites for hydroxylation is 2. The van der Waals surface area contributed by atoms with E-state index in [1.165, 1.54) is 6.07 Å². The predicted octanol–water partition coefficient (Wildman–Crippen LogP) is 6.25. The van der Waals surface area contributed by atoms with Crippen LogP contribution >= 0.6 is 23.2 Å². The molecule has 1 aromatic heterocycles. The molecule has 0 aliphatic carbocycles. The van der Waals surface area contributed by atoms with Gasteiger partial charge >= 0.3 is 5.97 Å². The first-order valence-corrected chi connectivity index (χ1v) is 11.0. The average molecular weight is 491 g/mol. The van der Waals surface area contributed by atoms with Crippen molar-refractivity contribution >= 4 is 34.9 Å². The minimum absolute atomic E-state index is 0.0721. The van der Waals surface area contributed by atoms with Crippen molar-refractivity contribution in [2.75, 3.05) is 6.61 Å². The number of ether oxygens (including phenoxy) is 1. The Bertz CT molecular complexity index is 1200. The fourth-order valence-corrected chi connectivity index (χ4v) is 3.85. The number of carboxylic acid groups (broad SMARTS) is 1. The van der Waals surface area contributed by atoms with Crippen LogP contribution in [0.25, 0.3) is 11.5 Å². The quantitative estimate of drug-likeness (QED) is 0.305. The van der Waals surface area contributed by atoms with E-state index >= 15 is 0 Å². The van der Waals surface area contributed by atoms with E-state index in [2.05, 4.69) is 4.98 Å². The first kappa shape index (κ1) is 24.6. The number of halogens is 2. The van der Waals surface area contributed by atoms with Crippen molar-refractivity contribution in [2.24, 2.45) is 0 Å². The monoisotopic (exact) mass is 490 g/mol. The number of aromatic nitrogens is 1. The molecule has 174 valence electrons. The van der Waals surface area contributed by atoms with Crippen LogP contribution in [0.2, 0.25) is 10.0 Å². The number of hydrogen-bond acceptors (Lipinski definition) is 6. The second-order valence-corrected chi connectivity index (χ2v) is 8.75. The molecule has 0 atom stereocenters. The second kappa shape index (κ2) is 10.3. The number of rotatable bonds is 9. The van der Waals surface area contributed by atoms with E-state index < -0.39 is 12.6 Å². The Morgan fingerprint density at radius 1 is 1.24 bits per heavy atom. The maximum Gasteiger partial charge on any atom is 0.341 e. The smallest absolute Gasteiger partial charge is 0.341 e. The lowest BCUT2D eigenvalue weighted by Gasteiger charge is -2.12. The van der Waals surface area contributed by atoms with E-state index in [9.17, 15) is 9.90 Å². The van der Waals surface area contributed by atoms with E-state index in [1.54, 1.807) is 31.2 Å². The molecule has 9 heteroatoms. The molecule has 0 spiro atoms. The number of nitrogens with one attached hydrogen (secondary N) is 1. The van der Waals surface area contributed by atoms with Crippen molar-refractivity contribution in [3.8, 4) is 23.0 Å². The summed E-state index contributed by atoms with van der Waals surface area (Å²) in [5, 5.41) is 28.6. The molecule has 0 saturated carbocycles. The van der Waals surface area contributed by atoms with Crippen LogP contribution in [-0.4, -0.2) is 33.5 Å². The summed E-state index contributed by atoms with van der Waals surface area (Å²) in [7, 11) is 0. The molecule has 7 nitrogen and oxygen atoms in total. The van der Waals surface area contributed by atoms with Gasteiger partial charge in [-0.15, -0.1) is 0 Å². The molecule has 2 aromatic carbocycles. The molecule has 0 radical (unpaired) electrons. The molecule has 0 saturated heterocycles. The van der Waals surface area contributed by atoms with Gasteiger partial charge in [0.1, 0.15) is 17.3 Å². The highest BCUT2D eigenvalue weighted by atomic mass is 35.5. The molecule has 1 heterocycles. The summed E-state index contributed by atoms with van der Waals surface area (Å²) in [6, 6.07) is 8.04. The number of oxazole rings is 1. The molecule has 3 rings (SSSR count). The summed E-state index contributed by atoms with van der Waals surface area (Å²) < 4.78 is 11.2. The molecule has 3 N–H and O–H groups in total. The fraction of sp³-hybridized carbons (Fsp3) is 0.292. The molecule has 3 aromatic rings. The molecule has 0 amide bonds. The lowest BCUT2D eigenvalue weighted by Crippen LogP contribution is -2.10. The van der Waals surface area contributed by atoms with Crippen molar-refractivity contribution < 1.29 is 24.2 Å². The Labute approximate surface area is 201 Å². The van der Waals surface area contributed by atoms with E-state index in [0.717, 1.165) is 0 Å². The zero-order valence-corrected chi connectivity index (χ0v) is 19.9. The number of carboxylic acids is 1. The molecular weight excluding hydrogens is 467 g/mol. The van der Waals surface area contributed by atoms with Crippen molar-refractivity contribution in [1.29, 1.82) is 5.41 Å². The average Bonchev–Trinajstić information content (AvgIpc) is 3.16. The van der Waals surface area contributed by atoms with Crippen molar-refractivity contribution in [3.63, 3.8) is 0 Å². The Morgan fingerprint density at radius 3 is 2.61 bits per heavy atom. The number of nitrogens with zero attached hydrogens (tertiary/aromatic N) is 1.